The molecule has 0 spiro atoms. The Morgan fingerprint density at radius 3 is 0.891 bits per heavy atom. The minimum absolute atomic E-state index is 0.516. The predicted molar refractivity (Wildman–Crippen MR) is 217 cm³/mol. The van der Waals surface area contributed by atoms with Gasteiger partial charge in [-0.15, -0.1) is 0 Å². The monoisotopic (exact) mass is 789 g/mol. The molecule has 12 nitrogen and oxygen atoms in total. The average molecular weight is 789 g/mol. The first-order valence-electron chi connectivity index (χ1n) is 21.4. The van der Waals surface area contributed by atoms with Crippen LogP contribution in [-0.4, -0.2) is 152 Å². The fourth-order valence-electron chi connectivity index (χ4n) is 5.19. The largest absolute Gasteiger partial charge is 0.491 e. The number of ether oxygens (including phenoxy) is 12. The molecule has 0 aliphatic carbocycles. The SMILES string of the molecule is CCCCCCCCCc1ccc(OCCOCCOCCOCCOCCOCCOCCOCCOCCOCCOCCOCCCCCC)cc1. The van der Waals surface area contributed by atoms with Crippen LogP contribution in [-0.2, 0) is 58.5 Å². The topological polar surface area (TPSA) is 111 Å². The van der Waals surface area contributed by atoms with Gasteiger partial charge in [0.2, 0.25) is 0 Å². The quantitative estimate of drug-likeness (QED) is 0.0628. The molecule has 0 heterocycles. The standard InChI is InChI=1S/C43H80O12/c1-3-5-7-9-10-11-12-14-42-15-17-43(18-16-42)55-41-40-54-39-38-53-37-36-52-35-34-51-33-32-50-31-30-49-29-28-48-27-26-47-25-24-46-23-22-45-21-20-44-19-13-8-6-4-2/h15-18H,3-14,19-41H2,1-2H3. The summed E-state index contributed by atoms with van der Waals surface area (Å²) in [4.78, 5) is 0. The summed E-state index contributed by atoms with van der Waals surface area (Å²) in [6.45, 7) is 17.1. The predicted octanol–water partition coefficient (Wildman–Crippen LogP) is 7.12. The molecule has 0 aliphatic heterocycles. The first-order valence-corrected chi connectivity index (χ1v) is 21.4. The van der Waals surface area contributed by atoms with Crippen LogP contribution in [0.2, 0.25) is 0 Å². The van der Waals surface area contributed by atoms with Gasteiger partial charge in [-0.1, -0.05) is 83.8 Å². The van der Waals surface area contributed by atoms with Gasteiger partial charge in [-0.25, -0.2) is 0 Å². The second-order valence-electron chi connectivity index (χ2n) is 13.2. The van der Waals surface area contributed by atoms with Crippen molar-refractivity contribution in [2.45, 2.75) is 90.9 Å². The summed E-state index contributed by atoms with van der Waals surface area (Å²) in [5.74, 6) is 0.888. The number of unbranched alkanes of at least 4 members (excludes halogenated alkanes) is 9. The van der Waals surface area contributed by atoms with Gasteiger partial charge < -0.3 is 56.8 Å². The molecule has 0 radical (unpaired) electrons. The maximum absolute atomic E-state index is 5.79. The lowest BCUT2D eigenvalue weighted by Crippen LogP contribution is -2.15. The molecule has 0 unspecified atom stereocenters. The third-order valence-corrected chi connectivity index (χ3v) is 8.35. The first kappa shape index (κ1) is 51.6. The highest BCUT2D eigenvalue weighted by Gasteiger charge is 2.00. The fourth-order valence-corrected chi connectivity index (χ4v) is 5.19. The molecule has 0 atom stereocenters. The lowest BCUT2D eigenvalue weighted by atomic mass is 10.0. The highest BCUT2D eigenvalue weighted by atomic mass is 16.6. The van der Waals surface area contributed by atoms with Crippen LogP contribution in [0.4, 0.5) is 0 Å². The van der Waals surface area contributed by atoms with Gasteiger partial charge in [-0.2, -0.15) is 0 Å². The van der Waals surface area contributed by atoms with Gasteiger partial charge in [0, 0.05) is 6.61 Å². The zero-order valence-corrected chi connectivity index (χ0v) is 35.0. The van der Waals surface area contributed by atoms with Gasteiger partial charge in [0.15, 0.2) is 0 Å². The molecule has 55 heavy (non-hydrogen) atoms. The van der Waals surface area contributed by atoms with Crippen molar-refractivity contribution >= 4 is 0 Å². The molecular formula is C43H80O12. The smallest absolute Gasteiger partial charge is 0.119 e. The van der Waals surface area contributed by atoms with Crippen molar-refractivity contribution in [1.82, 2.24) is 0 Å². The van der Waals surface area contributed by atoms with E-state index in [1.165, 1.54) is 69.8 Å². The van der Waals surface area contributed by atoms with E-state index in [4.69, 9.17) is 56.8 Å². The van der Waals surface area contributed by atoms with Crippen LogP contribution in [0.5, 0.6) is 5.75 Å². The Hall–Kier alpha value is -1.42. The highest BCUT2D eigenvalue weighted by molar-refractivity contribution is 5.27. The number of hydrogen-bond acceptors (Lipinski definition) is 12. The van der Waals surface area contributed by atoms with Crippen LogP contribution < -0.4 is 4.74 Å². The second kappa shape index (κ2) is 45.3. The summed E-state index contributed by atoms with van der Waals surface area (Å²) in [6.07, 6.45) is 15.4. The normalized spacial score (nSPS) is 11.5. The minimum Gasteiger partial charge on any atom is -0.491 e. The minimum atomic E-state index is 0.516. The highest BCUT2D eigenvalue weighted by Crippen LogP contribution is 2.15. The van der Waals surface area contributed by atoms with Gasteiger partial charge in [0.05, 0.1) is 139 Å². The van der Waals surface area contributed by atoms with Crippen molar-refractivity contribution in [3.63, 3.8) is 0 Å². The zero-order chi connectivity index (χ0) is 39.2. The Kier molecular flexibility index (Phi) is 42.5. The number of benzene rings is 1. The maximum Gasteiger partial charge on any atom is 0.119 e. The number of hydrogen-bond donors (Lipinski definition) is 0. The van der Waals surface area contributed by atoms with E-state index in [1.54, 1.807) is 0 Å². The average Bonchev–Trinajstić information content (AvgIpc) is 3.20. The third-order valence-electron chi connectivity index (χ3n) is 8.35. The summed E-state index contributed by atoms with van der Waals surface area (Å²) in [5, 5.41) is 0. The van der Waals surface area contributed by atoms with E-state index in [0.29, 0.717) is 145 Å². The lowest BCUT2D eigenvalue weighted by molar-refractivity contribution is -0.0277. The summed E-state index contributed by atoms with van der Waals surface area (Å²) >= 11 is 0. The van der Waals surface area contributed by atoms with Crippen molar-refractivity contribution in [3.05, 3.63) is 29.8 Å². The number of rotatable bonds is 47. The molecule has 0 aliphatic rings. The van der Waals surface area contributed by atoms with Crippen molar-refractivity contribution in [1.29, 1.82) is 0 Å². The zero-order valence-electron chi connectivity index (χ0n) is 35.0. The molecule has 0 bridgehead atoms. The fraction of sp³-hybridized carbons (Fsp3) is 0.860. The van der Waals surface area contributed by atoms with Gasteiger partial charge in [0.25, 0.3) is 0 Å². The number of aryl methyl sites for hydroxylation is 1. The molecule has 0 amide bonds. The molecule has 0 saturated heterocycles. The van der Waals surface area contributed by atoms with Crippen molar-refractivity contribution < 1.29 is 56.8 Å². The molecule has 1 aromatic rings. The Morgan fingerprint density at radius 2 is 0.545 bits per heavy atom. The molecule has 0 saturated carbocycles. The van der Waals surface area contributed by atoms with E-state index >= 15 is 0 Å². The van der Waals surface area contributed by atoms with E-state index in [0.717, 1.165) is 25.2 Å². The Balaban J connectivity index is 1.67. The summed E-state index contributed by atoms with van der Waals surface area (Å²) in [5.41, 5.74) is 1.38. The molecule has 324 valence electrons. The van der Waals surface area contributed by atoms with Gasteiger partial charge in [0.1, 0.15) is 12.4 Å². The molecule has 0 N–H and O–H groups in total. The molecular weight excluding hydrogens is 708 g/mol. The van der Waals surface area contributed by atoms with Crippen LogP contribution in [0.1, 0.15) is 90.0 Å². The van der Waals surface area contributed by atoms with E-state index in [2.05, 4.69) is 38.1 Å². The molecule has 12 heteroatoms. The van der Waals surface area contributed by atoms with Crippen LogP contribution in [0.3, 0.4) is 0 Å². The van der Waals surface area contributed by atoms with Crippen molar-refractivity contribution in [2.24, 2.45) is 0 Å². The first-order chi connectivity index (χ1) is 27.4. The van der Waals surface area contributed by atoms with Crippen LogP contribution in [0.15, 0.2) is 24.3 Å². The van der Waals surface area contributed by atoms with E-state index in [1.807, 2.05) is 0 Å². The Labute approximate surface area is 334 Å². The van der Waals surface area contributed by atoms with Gasteiger partial charge in [-0.05, 0) is 37.0 Å². The molecule has 1 rings (SSSR count). The summed E-state index contributed by atoms with van der Waals surface area (Å²) < 4.78 is 66.6. The molecule has 0 aromatic heterocycles. The Morgan fingerprint density at radius 1 is 0.273 bits per heavy atom. The molecule has 1 aromatic carbocycles. The van der Waals surface area contributed by atoms with Gasteiger partial charge in [-0.3, -0.25) is 0 Å². The van der Waals surface area contributed by atoms with Crippen LogP contribution >= 0.6 is 0 Å². The van der Waals surface area contributed by atoms with Crippen molar-refractivity contribution in [3.8, 4) is 5.75 Å². The van der Waals surface area contributed by atoms with Crippen LogP contribution in [0, 0.1) is 0 Å². The van der Waals surface area contributed by atoms with Crippen molar-refractivity contribution in [2.75, 3.05) is 152 Å². The third kappa shape index (κ3) is 40.6. The Bertz CT molecular complexity index is 847. The summed E-state index contributed by atoms with van der Waals surface area (Å²) in [6, 6.07) is 8.46. The van der Waals surface area contributed by atoms with Crippen LogP contribution in [0.25, 0.3) is 0 Å². The van der Waals surface area contributed by atoms with E-state index in [-0.39, 0.29) is 0 Å². The summed E-state index contributed by atoms with van der Waals surface area (Å²) in [7, 11) is 0. The van der Waals surface area contributed by atoms with E-state index < -0.39 is 0 Å². The molecule has 0 fully saturated rings. The van der Waals surface area contributed by atoms with Gasteiger partial charge >= 0.3 is 0 Å². The lowest BCUT2D eigenvalue weighted by Gasteiger charge is -2.09. The second-order valence-corrected chi connectivity index (χ2v) is 13.2. The van der Waals surface area contributed by atoms with E-state index in [9.17, 15) is 0 Å². The maximum atomic E-state index is 5.79.